The van der Waals surface area contributed by atoms with Crippen LogP contribution in [0.1, 0.15) is 86.5 Å². The molecule has 0 heterocycles. The maximum Gasteiger partial charge on any atom is 0.248 e. The second-order valence-electron chi connectivity index (χ2n) is 7.83. The van der Waals surface area contributed by atoms with Gasteiger partial charge in [-0.05, 0) is 79.6 Å². The Balaban J connectivity index is 4.26. The summed E-state index contributed by atoms with van der Waals surface area (Å²) in [5.74, 6) is -0.128. The van der Waals surface area contributed by atoms with E-state index in [9.17, 15) is 9.90 Å². The highest BCUT2D eigenvalue weighted by Crippen LogP contribution is 2.14. The van der Waals surface area contributed by atoms with Gasteiger partial charge in [0.2, 0.25) is 5.91 Å². The maximum atomic E-state index is 12.0. The highest BCUT2D eigenvalue weighted by molar-refractivity contribution is 5.88. The minimum Gasteiger partial charge on any atom is -0.374 e. The molecule has 1 unspecified atom stereocenters. The van der Waals surface area contributed by atoms with Gasteiger partial charge < -0.3 is 10.0 Å². The van der Waals surface area contributed by atoms with Crippen LogP contribution in [0.25, 0.3) is 0 Å². The predicted octanol–water partition coefficient (Wildman–Crippen LogP) is 6.32. The molecule has 1 amide bonds. The molecule has 0 aromatic heterocycles. The monoisotopic (exact) mass is 375 g/mol. The van der Waals surface area contributed by atoms with E-state index in [4.69, 9.17) is 0 Å². The molecule has 27 heavy (non-hydrogen) atoms. The average Bonchev–Trinajstić information content (AvgIpc) is 2.59. The lowest BCUT2D eigenvalue weighted by Crippen LogP contribution is -2.35. The second kappa shape index (κ2) is 14.4. The summed E-state index contributed by atoms with van der Waals surface area (Å²) in [6.07, 6.45) is 14.7. The zero-order chi connectivity index (χ0) is 20.8. The summed E-state index contributed by atoms with van der Waals surface area (Å²) in [5, 5.41) is 9.71. The number of likely N-dealkylation sites (N-methyl/N-ethyl adjacent to an activating group) is 1. The summed E-state index contributed by atoms with van der Waals surface area (Å²) >= 11 is 0. The molecule has 0 aliphatic heterocycles. The van der Waals surface area contributed by atoms with Crippen molar-refractivity contribution in [3.05, 3.63) is 46.6 Å². The van der Waals surface area contributed by atoms with E-state index in [-0.39, 0.29) is 5.91 Å². The van der Waals surface area contributed by atoms with Crippen molar-refractivity contribution in [1.82, 2.24) is 4.90 Å². The number of nitrogens with zero attached hydrogens (tertiary/aromatic N) is 1. The summed E-state index contributed by atoms with van der Waals surface area (Å²) in [7, 11) is 1.64. The zero-order valence-electron chi connectivity index (χ0n) is 18.6. The van der Waals surface area contributed by atoms with Crippen LogP contribution >= 0.6 is 0 Å². The highest BCUT2D eigenvalue weighted by Gasteiger charge is 2.13. The Hall–Kier alpha value is -1.61. The van der Waals surface area contributed by atoms with Gasteiger partial charge in [0, 0.05) is 13.1 Å². The van der Waals surface area contributed by atoms with Crippen molar-refractivity contribution in [1.29, 1.82) is 0 Å². The molecule has 0 rings (SSSR count). The number of rotatable bonds is 12. The lowest BCUT2D eigenvalue weighted by molar-refractivity contribution is -0.133. The molecule has 0 saturated carbocycles. The van der Waals surface area contributed by atoms with Gasteiger partial charge in [0.25, 0.3) is 0 Å². The molecule has 154 valence electrons. The van der Waals surface area contributed by atoms with E-state index in [2.05, 4.69) is 45.9 Å². The van der Waals surface area contributed by atoms with Gasteiger partial charge >= 0.3 is 0 Å². The third-order valence-electron chi connectivity index (χ3n) is 4.68. The van der Waals surface area contributed by atoms with Crippen molar-refractivity contribution in [2.24, 2.45) is 0 Å². The number of allylic oxidation sites excluding steroid dienone is 7. The number of aliphatic hydroxyl groups is 1. The Labute approximate surface area is 167 Å². The fourth-order valence-electron chi connectivity index (χ4n) is 2.69. The molecule has 1 N–H and O–H groups in total. The van der Waals surface area contributed by atoms with Gasteiger partial charge in [0.05, 0.1) is 0 Å². The average molecular weight is 376 g/mol. The number of amides is 1. The first kappa shape index (κ1) is 25.4. The molecule has 0 aliphatic carbocycles. The number of carbonyl (C=O) groups is 1. The third-order valence-corrected chi connectivity index (χ3v) is 4.68. The summed E-state index contributed by atoms with van der Waals surface area (Å²) in [6.45, 7) is 12.5. The van der Waals surface area contributed by atoms with Crippen molar-refractivity contribution in [3.63, 3.8) is 0 Å². The Bertz CT molecular complexity index is 563. The van der Waals surface area contributed by atoms with E-state index < -0.39 is 6.23 Å². The van der Waals surface area contributed by atoms with Crippen LogP contribution in [0, 0.1) is 0 Å². The lowest BCUT2D eigenvalue weighted by atomic mass is 10.0. The van der Waals surface area contributed by atoms with E-state index >= 15 is 0 Å². The topological polar surface area (TPSA) is 40.5 Å². The van der Waals surface area contributed by atoms with Gasteiger partial charge in [-0.2, -0.15) is 0 Å². The van der Waals surface area contributed by atoms with E-state index in [1.54, 1.807) is 13.1 Å². The van der Waals surface area contributed by atoms with Crippen molar-refractivity contribution in [2.75, 3.05) is 7.05 Å². The van der Waals surface area contributed by atoms with Crippen LogP contribution in [0.5, 0.6) is 0 Å². The first-order chi connectivity index (χ1) is 12.7. The molecule has 0 aromatic rings. The predicted molar refractivity (Wildman–Crippen MR) is 117 cm³/mol. The molecule has 0 aromatic carbocycles. The van der Waals surface area contributed by atoms with Crippen LogP contribution < -0.4 is 0 Å². The normalized spacial score (nSPS) is 14.1. The summed E-state index contributed by atoms with van der Waals surface area (Å²) in [4.78, 5) is 13.4. The highest BCUT2D eigenvalue weighted by atomic mass is 16.3. The summed E-state index contributed by atoms with van der Waals surface area (Å²) in [6, 6.07) is 0. The molecule has 0 aliphatic rings. The maximum absolute atomic E-state index is 12.0. The third kappa shape index (κ3) is 13.2. The summed E-state index contributed by atoms with van der Waals surface area (Å²) < 4.78 is 0. The SMILES string of the molecule is CCC(O)N(C)C(=O)C=C(C)CCC=C(C)CCC=C(C)CCC=C(C)C. The van der Waals surface area contributed by atoms with Gasteiger partial charge in [-0.15, -0.1) is 0 Å². The van der Waals surface area contributed by atoms with Crippen LogP contribution in [0.15, 0.2) is 46.6 Å². The van der Waals surface area contributed by atoms with E-state index in [1.807, 2.05) is 13.8 Å². The smallest absolute Gasteiger partial charge is 0.248 e. The molecule has 0 saturated heterocycles. The molecular formula is C24H41NO2. The second-order valence-corrected chi connectivity index (χ2v) is 7.83. The van der Waals surface area contributed by atoms with Gasteiger partial charge in [0.15, 0.2) is 0 Å². The van der Waals surface area contributed by atoms with Crippen LogP contribution in [0.4, 0.5) is 0 Å². The standard InChI is InChI=1S/C24H41NO2/c1-8-23(26)25(7)24(27)18-22(6)17-11-16-21(5)15-10-14-20(4)13-9-12-19(2)3/h12,14,16,18,23,26H,8-11,13,15,17H2,1-7H3. The first-order valence-corrected chi connectivity index (χ1v) is 10.2. The largest absolute Gasteiger partial charge is 0.374 e. The molecule has 0 radical (unpaired) electrons. The molecule has 0 bridgehead atoms. The Morgan fingerprint density at radius 1 is 0.852 bits per heavy atom. The Morgan fingerprint density at radius 2 is 1.30 bits per heavy atom. The number of carbonyl (C=O) groups excluding carboxylic acids is 1. The molecule has 1 atom stereocenters. The minimum absolute atomic E-state index is 0.128. The van der Waals surface area contributed by atoms with E-state index in [0.717, 1.165) is 44.1 Å². The first-order valence-electron chi connectivity index (χ1n) is 10.2. The van der Waals surface area contributed by atoms with Gasteiger partial charge in [0.1, 0.15) is 6.23 Å². The van der Waals surface area contributed by atoms with Crippen molar-refractivity contribution in [3.8, 4) is 0 Å². The van der Waals surface area contributed by atoms with Crippen LogP contribution in [-0.2, 0) is 4.79 Å². The van der Waals surface area contributed by atoms with Crippen LogP contribution in [0.3, 0.4) is 0 Å². The fraction of sp³-hybridized carbons (Fsp3) is 0.625. The fourth-order valence-corrected chi connectivity index (χ4v) is 2.69. The Kier molecular flexibility index (Phi) is 13.6. The number of hydrogen-bond donors (Lipinski definition) is 1. The molecule has 0 spiro atoms. The molecular weight excluding hydrogens is 334 g/mol. The van der Waals surface area contributed by atoms with E-state index in [1.165, 1.54) is 21.6 Å². The minimum atomic E-state index is -0.706. The van der Waals surface area contributed by atoms with E-state index in [0.29, 0.717) is 6.42 Å². The van der Waals surface area contributed by atoms with Crippen LogP contribution in [0.2, 0.25) is 0 Å². The summed E-state index contributed by atoms with van der Waals surface area (Å²) in [5.41, 5.74) is 5.31. The van der Waals surface area contributed by atoms with Crippen molar-refractivity contribution < 1.29 is 9.90 Å². The molecule has 3 nitrogen and oxygen atoms in total. The zero-order valence-corrected chi connectivity index (χ0v) is 18.6. The van der Waals surface area contributed by atoms with Crippen molar-refractivity contribution in [2.45, 2.75) is 92.7 Å². The Morgan fingerprint density at radius 3 is 1.74 bits per heavy atom. The number of hydrogen-bond acceptors (Lipinski definition) is 2. The van der Waals surface area contributed by atoms with Gasteiger partial charge in [-0.1, -0.05) is 47.4 Å². The van der Waals surface area contributed by atoms with Crippen molar-refractivity contribution >= 4 is 5.91 Å². The van der Waals surface area contributed by atoms with Gasteiger partial charge in [-0.3, -0.25) is 4.79 Å². The molecule has 3 heteroatoms. The lowest BCUT2D eigenvalue weighted by Gasteiger charge is -2.21. The van der Waals surface area contributed by atoms with Gasteiger partial charge in [-0.25, -0.2) is 0 Å². The molecule has 0 fully saturated rings. The van der Waals surface area contributed by atoms with Crippen LogP contribution in [-0.4, -0.2) is 29.2 Å². The quantitative estimate of drug-likeness (QED) is 0.246. The number of aliphatic hydroxyl groups excluding tert-OH is 1.